The fourth-order valence-corrected chi connectivity index (χ4v) is 2.77. The SMILES string of the molecule is COc1ccc([N+](=O)[O-])cc1/C=C1\N=C(c2ccc(Cl)cc2Cl)OC1=O. The quantitative estimate of drug-likeness (QED) is 0.335. The van der Waals surface area contributed by atoms with E-state index in [1.165, 1.54) is 37.5 Å². The van der Waals surface area contributed by atoms with Crippen LogP contribution in [-0.2, 0) is 9.53 Å². The topological polar surface area (TPSA) is 91.0 Å². The van der Waals surface area contributed by atoms with Crippen LogP contribution in [0.3, 0.4) is 0 Å². The van der Waals surface area contributed by atoms with Crippen molar-refractivity contribution < 1.29 is 19.2 Å². The average Bonchev–Trinajstić information content (AvgIpc) is 2.95. The van der Waals surface area contributed by atoms with Crippen molar-refractivity contribution >= 4 is 46.8 Å². The molecule has 3 rings (SSSR count). The summed E-state index contributed by atoms with van der Waals surface area (Å²) >= 11 is 11.9. The molecular formula is C17H10Cl2N2O5. The van der Waals surface area contributed by atoms with Crippen LogP contribution in [0.1, 0.15) is 11.1 Å². The van der Waals surface area contributed by atoms with Crippen LogP contribution in [0, 0.1) is 10.1 Å². The van der Waals surface area contributed by atoms with Crippen LogP contribution in [0.5, 0.6) is 5.75 Å². The van der Waals surface area contributed by atoms with Crippen LogP contribution in [0.15, 0.2) is 47.1 Å². The Bertz CT molecular complexity index is 985. The molecule has 0 amide bonds. The number of hydrogen-bond donors (Lipinski definition) is 0. The van der Waals surface area contributed by atoms with Crippen molar-refractivity contribution in [2.75, 3.05) is 7.11 Å². The second kappa shape index (κ2) is 7.15. The van der Waals surface area contributed by atoms with Crippen LogP contribution in [0.2, 0.25) is 10.0 Å². The van der Waals surface area contributed by atoms with Crippen molar-refractivity contribution in [1.82, 2.24) is 0 Å². The Balaban J connectivity index is 2.04. The Labute approximate surface area is 157 Å². The van der Waals surface area contributed by atoms with Gasteiger partial charge in [0.2, 0.25) is 5.90 Å². The van der Waals surface area contributed by atoms with Crippen LogP contribution >= 0.6 is 23.2 Å². The fraction of sp³-hybridized carbons (Fsp3) is 0.0588. The zero-order chi connectivity index (χ0) is 18.8. The molecule has 0 N–H and O–H groups in total. The van der Waals surface area contributed by atoms with Crippen molar-refractivity contribution in [2.45, 2.75) is 0 Å². The van der Waals surface area contributed by atoms with Gasteiger partial charge in [0.05, 0.1) is 22.6 Å². The van der Waals surface area contributed by atoms with E-state index >= 15 is 0 Å². The summed E-state index contributed by atoms with van der Waals surface area (Å²) in [5, 5.41) is 11.7. The normalized spacial score (nSPS) is 15.0. The lowest BCUT2D eigenvalue weighted by atomic mass is 10.1. The lowest BCUT2D eigenvalue weighted by Crippen LogP contribution is -2.06. The molecular weight excluding hydrogens is 383 g/mol. The third-order valence-corrected chi connectivity index (χ3v) is 4.05. The zero-order valence-electron chi connectivity index (χ0n) is 13.2. The molecule has 0 radical (unpaired) electrons. The minimum atomic E-state index is -0.709. The van der Waals surface area contributed by atoms with E-state index in [0.29, 0.717) is 21.9 Å². The first-order valence-electron chi connectivity index (χ1n) is 7.19. The molecule has 1 heterocycles. The van der Waals surface area contributed by atoms with Crippen LogP contribution < -0.4 is 4.74 Å². The summed E-state index contributed by atoms with van der Waals surface area (Å²) in [6, 6.07) is 8.68. The number of rotatable bonds is 4. The van der Waals surface area contributed by atoms with Gasteiger partial charge >= 0.3 is 5.97 Å². The molecule has 26 heavy (non-hydrogen) atoms. The fourth-order valence-electron chi connectivity index (χ4n) is 2.28. The minimum absolute atomic E-state index is 0.0207. The van der Waals surface area contributed by atoms with E-state index in [0.717, 1.165) is 0 Å². The van der Waals surface area contributed by atoms with E-state index in [1.54, 1.807) is 12.1 Å². The number of hydrogen-bond acceptors (Lipinski definition) is 6. The van der Waals surface area contributed by atoms with Crippen LogP contribution in [0.25, 0.3) is 6.08 Å². The number of nitro benzene ring substituents is 1. The molecule has 0 saturated heterocycles. The Morgan fingerprint density at radius 1 is 1.23 bits per heavy atom. The molecule has 9 heteroatoms. The molecule has 132 valence electrons. The molecule has 2 aromatic rings. The molecule has 0 bridgehead atoms. The van der Waals surface area contributed by atoms with Gasteiger partial charge in [0, 0.05) is 22.7 Å². The van der Waals surface area contributed by atoms with E-state index in [4.69, 9.17) is 32.7 Å². The van der Waals surface area contributed by atoms with Crippen molar-refractivity contribution in [3.05, 3.63) is 73.4 Å². The van der Waals surface area contributed by atoms with Crippen LogP contribution in [-0.4, -0.2) is 23.9 Å². The number of carbonyl (C=O) groups is 1. The monoisotopic (exact) mass is 392 g/mol. The third-order valence-electron chi connectivity index (χ3n) is 3.50. The second-order valence-electron chi connectivity index (χ2n) is 5.14. The molecule has 0 saturated carbocycles. The number of aliphatic imine (C=N–C) groups is 1. The number of benzene rings is 2. The van der Waals surface area contributed by atoms with Crippen molar-refractivity contribution in [2.24, 2.45) is 4.99 Å². The number of halogens is 2. The summed E-state index contributed by atoms with van der Waals surface area (Å²) in [6.07, 6.45) is 1.35. The average molecular weight is 393 g/mol. The van der Waals surface area contributed by atoms with Crippen LogP contribution in [0.4, 0.5) is 5.69 Å². The number of nitro groups is 1. The lowest BCUT2D eigenvalue weighted by Gasteiger charge is -2.04. The number of carbonyl (C=O) groups excluding carboxylic acids is 1. The predicted molar refractivity (Wildman–Crippen MR) is 96.7 cm³/mol. The summed E-state index contributed by atoms with van der Waals surface area (Å²) in [5.74, 6) is -0.337. The Morgan fingerprint density at radius 2 is 2.00 bits per heavy atom. The predicted octanol–water partition coefficient (Wildman–Crippen LogP) is 4.25. The maximum absolute atomic E-state index is 12.1. The first kappa shape index (κ1) is 17.9. The summed E-state index contributed by atoms with van der Waals surface area (Å²) in [4.78, 5) is 26.6. The van der Waals surface area contributed by atoms with E-state index in [1.807, 2.05) is 0 Å². The van der Waals surface area contributed by atoms with Crippen molar-refractivity contribution in [3.63, 3.8) is 0 Å². The highest BCUT2D eigenvalue weighted by Gasteiger charge is 2.26. The third kappa shape index (κ3) is 3.54. The Morgan fingerprint density at radius 3 is 2.65 bits per heavy atom. The van der Waals surface area contributed by atoms with E-state index in [2.05, 4.69) is 4.99 Å². The number of methoxy groups -OCH3 is 1. The molecule has 1 aliphatic rings. The maximum Gasteiger partial charge on any atom is 0.363 e. The molecule has 0 unspecified atom stereocenters. The highest BCUT2D eigenvalue weighted by Crippen LogP contribution is 2.29. The number of esters is 1. The Kier molecular flexibility index (Phi) is 4.92. The molecule has 7 nitrogen and oxygen atoms in total. The number of ether oxygens (including phenoxy) is 2. The van der Waals surface area contributed by atoms with E-state index in [-0.39, 0.29) is 22.3 Å². The molecule has 1 aliphatic heterocycles. The van der Waals surface area contributed by atoms with E-state index in [9.17, 15) is 14.9 Å². The maximum atomic E-state index is 12.1. The molecule has 2 aromatic carbocycles. The van der Waals surface area contributed by atoms with Crippen molar-refractivity contribution in [1.29, 1.82) is 0 Å². The molecule has 0 atom stereocenters. The highest BCUT2D eigenvalue weighted by atomic mass is 35.5. The molecule has 0 aromatic heterocycles. The number of nitrogens with zero attached hydrogens (tertiary/aromatic N) is 2. The zero-order valence-corrected chi connectivity index (χ0v) is 14.7. The molecule has 0 aliphatic carbocycles. The minimum Gasteiger partial charge on any atom is -0.496 e. The second-order valence-corrected chi connectivity index (χ2v) is 5.99. The first-order valence-corrected chi connectivity index (χ1v) is 7.95. The van der Waals surface area contributed by atoms with Crippen molar-refractivity contribution in [3.8, 4) is 5.75 Å². The van der Waals surface area contributed by atoms with Gasteiger partial charge in [-0.3, -0.25) is 10.1 Å². The highest BCUT2D eigenvalue weighted by molar-refractivity contribution is 6.37. The van der Waals surface area contributed by atoms with Gasteiger partial charge in [-0.25, -0.2) is 9.79 Å². The first-order chi connectivity index (χ1) is 12.4. The van der Waals surface area contributed by atoms with Gasteiger partial charge in [-0.2, -0.15) is 0 Å². The van der Waals surface area contributed by atoms with Gasteiger partial charge in [-0.1, -0.05) is 23.2 Å². The standard InChI is InChI=1S/C17H10Cl2N2O5/c1-25-15-5-3-11(21(23)24)6-9(15)7-14-17(22)26-16(20-14)12-4-2-10(18)8-13(12)19/h2-8H,1H3/b14-7-. The van der Waals surface area contributed by atoms with Gasteiger partial charge < -0.3 is 9.47 Å². The van der Waals surface area contributed by atoms with Gasteiger partial charge in [0.15, 0.2) is 5.70 Å². The van der Waals surface area contributed by atoms with Gasteiger partial charge in [0.25, 0.3) is 5.69 Å². The Hall–Kier alpha value is -2.90. The summed E-state index contributed by atoms with van der Waals surface area (Å²) in [5.41, 5.74) is 0.540. The summed E-state index contributed by atoms with van der Waals surface area (Å²) in [7, 11) is 1.42. The smallest absolute Gasteiger partial charge is 0.363 e. The summed E-state index contributed by atoms with van der Waals surface area (Å²) < 4.78 is 10.3. The van der Waals surface area contributed by atoms with Gasteiger partial charge in [-0.05, 0) is 30.3 Å². The largest absolute Gasteiger partial charge is 0.496 e. The summed E-state index contributed by atoms with van der Waals surface area (Å²) in [6.45, 7) is 0. The number of non-ortho nitro benzene ring substituents is 1. The van der Waals surface area contributed by atoms with Gasteiger partial charge in [-0.15, -0.1) is 0 Å². The molecule has 0 spiro atoms. The molecule has 0 fully saturated rings. The van der Waals surface area contributed by atoms with E-state index < -0.39 is 10.9 Å². The number of cyclic esters (lactones) is 1. The lowest BCUT2D eigenvalue weighted by molar-refractivity contribution is -0.384. The van der Waals surface area contributed by atoms with Gasteiger partial charge in [0.1, 0.15) is 5.75 Å².